The quantitative estimate of drug-likeness (QED) is 0.0199. The summed E-state index contributed by atoms with van der Waals surface area (Å²) in [5.74, 6) is -9.92. The highest BCUT2D eigenvalue weighted by molar-refractivity contribution is 5.77. The number of nitrogens with one attached hydrogen (secondary N) is 5. The number of unbranched alkanes of at least 4 members (excludes halogenated alkanes) is 23. The van der Waals surface area contributed by atoms with Crippen LogP contribution in [0.3, 0.4) is 0 Å². The second-order valence-corrected chi connectivity index (χ2v) is 35.7. The van der Waals surface area contributed by atoms with Gasteiger partial charge >= 0.3 is 5.97 Å². The average molecular weight is 1930 g/mol. The molecular formula is C87H153N5O41. The van der Waals surface area contributed by atoms with Gasteiger partial charge in [-0.1, -0.05) is 167 Å². The topological polar surface area (TPSA) is 717 Å². The van der Waals surface area contributed by atoms with E-state index >= 15 is 0 Å². The maximum atomic E-state index is 14.0. The number of hydrogen-bond donors (Lipinski definition) is 26. The van der Waals surface area contributed by atoms with Crippen molar-refractivity contribution < 1.29 is 202 Å². The highest BCUT2D eigenvalue weighted by atomic mass is 16.8. The summed E-state index contributed by atoms with van der Waals surface area (Å²) >= 11 is 0. The fraction of sp³-hybridized carbons (Fsp3) is 0.908. The maximum absolute atomic E-state index is 14.0. The second kappa shape index (κ2) is 58.4. The van der Waals surface area contributed by atoms with Gasteiger partial charge in [0, 0.05) is 40.5 Å². The molecule has 7 fully saturated rings. The second-order valence-electron chi connectivity index (χ2n) is 35.7. The van der Waals surface area contributed by atoms with Crippen molar-refractivity contribution in [1.82, 2.24) is 26.6 Å². The Bertz CT molecular complexity index is 3390. The first kappa shape index (κ1) is 115. The Kier molecular flexibility index (Phi) is 50.6. The van der Waals surface area contributed by atoms with Crippen LogP contribution in [0.4, 0.5) is 0 Å². The zero-order valence-electron chi connectivity index (χ0n) is 76.8. The van der Waals surface area contributed by atoms with E-state index in [9.17, 15) is 136 Å². The number of carbonyl (C=O) groups is 6. The van der Waals surface area contributed by atoms with E-state index in [-0.39, 0.29) is 6.42 Å². The third-order valence-electron chi connectivity index (χ3n) is 25.1. The fourth-order valence-electron chi connectivity index (χ4n) is 17.7. The Balaban J connectivity index is 1.21. The minimum Gasteiger partial charge on any atom is -0.477 e. The first-order valence-electron chi connectivity index (χ1n) is 47.1. The molecule has 7 saturated heterocycles. The van der Waals surface area contributed by atoms with E-state index in [0.29, 0.717) is 12.8 Å². The van der Waals surface area contributed by atoms with E-state index in [1.165, 1.54) is 89.5 Å². The molecule has 7 aliphatic rings. The van der Waals surface area contributed by atoms with Crippen LogP contribution in [0.2, 0.25) is 0 Å². The van der Waals surface area contributed by atoms with Crippen molar-refractivity contribution in [3.8, 4) is 0 Å². The van der Waals surface area contributed by atoms with Crippen molar-refractivity contribution in [3.05, 3.63) is 12.2 Å². The Morgan fingerprint density at radius 3 is 1.20 bits per heavy atom. The zero-order valence-corrected chi connectivity index (χ0v) is 76.8. The molecule has 772 valence electrons. The number of rotatable bonds is 58. The van der Waals surface area contributed by atoms with E-state index in [1.54, 1.807) is 6.08 Å². The molecule has 26 N–H and O–H groups in total. The summed E-state index contributed by atoms with van der Waals surface area (Å²) in [6.07, 6.45) is -40.1. The summed E-state index contributed by atoms with van der Waals surface area (Å²) < 4.78 is 86.2. The highest BCUT2D eigenvalue weighted by Crippen LogP contribution is 2.43. The lowest BCUT2D eigenvalue weighted by Crippen LogP contribution is -2.73. The molecule has 46 nitrogen and oxygen atoms in total. The number of amides is 5. The highest BCUT2D eigenvalue weighted by Gasteiger charge is 2.64. The molecule has 14 unspecified atom stereocenters. The molecule has 0 aliphatic carbocycles. The van der Waals surface area contributed by atoms with Gasteiger partial charge in [0.25, 0.3) is 5.79 Å². The molecule has 5 amide bonds. The van der Waals surface area contributed by atoms with Crippen LogP contribution in [0.25, 0.3) is 0 Å². The predicted octanol–water partition coefficient (Wildman–Crippen LogP) is -5.89. The molecule has 7 rings (SSSR count). The Hall–Kier alpha value is -4.80. The Labute approximate surface area is 773 Å². The molecule has 0 saturated carbocycles. The number of ether oxygens (including phenoxy) is 14. The van der Waals surface area contributed by atoms with Crippen molar-refractivity contribution in [2.45, 2.75) is 447 Å². The van der Waals surface area contributed by atoms with Gasteiger partial charge in [-0.15, -0.1) is 0 Å². The number of allylic oxidation sites excluding steroid dienone is 1. The summed E-state index contributed by atoms with van der Waals surface area (Å²) in [7, 11) is 0. The minimum atomic E-state index is -3.49. The van der Waals surface area contributed by atoms with Crippen LogP contribution in [0.1, 0.15) is 215 Å². The van der Waals surface area contributed by atoms with E-state index in [0.717, 1.165) is 91.9 Å². The Morgan fingerprint density at radius 2 is 0.759 bits per heavy atom. The van der Waals surface area contributed by atoms with Gasteiger partial charge < -0.3 is 200 Å². The van der Waals surface area contributed by atoms with Gasteiger partial charge in [0.05, 0.1) is 77.1 Å². The number of aliphatic hydroxyl groups is 20. The molecule has 0 aromatic heterocycles. The van der Waals surface area contributed by atoms with Crippen molar-refractivity contribution >= 4 is 35.5 Å². The van der Waals surface area contributed by atoms with Gasteiger partial charge in [-0.25, -0.2) is 4.79 Å². The van der Waals surface area contributed by atoms with Gasteiger partial charge in [-0.2, -0.15) is 0 Å². The van der Waals surface area contributed by atoms with Crippen LogP contribution < -0.4 is 26.6 Å². The smallest absolute Gasteiger partial charge is 0.364 e. The molecule has 0 spiro atoms. The van der Waals surface area contributed by atoms with Crippen LogP contribution in [0.15, 0.2) is 12.2 Å². The van der Waals surface area contributed by atoms with Crippen LogP contribution in [-0.4, -0.2) is 428 Å². The van der Waals surface area contributed by atoms with E-state index in [1.807, 2.05) is 0 Å². The van der Waals surface area contributed by atoms with Gasteiger partial charge in [0.15, 0.2) is 37.7 Å². The summed E-state index contributed by atoms with van der Waals surface area (Å²) in [4.78, 5) is 79.7. The van der Waals surface area contributed by atoms with Gasteiger partial charge in [0.2, 0.25) is 29.5 Å². The number of carboxylic acid groups (broad SMARTS) is 1. The summed E-state index contributed by atoms with van der Waals surface area (Å²) in [6.45, 7) is -0.714. The third-order valence-corrected chi connectivity index (χ3v) is 25.1. The summed E-state index contributed by atoms with van der Waals surface area (Å²) in [5.41, 5.74) is 0. The van der Waals surface area contributed by atoms with Crippen molar-refractivity contribution in [1.29, 1.82) is 0 Å². The molecule has 7 aliphatic heterocycles. The van der Waals surface area contributed by atoms with Crippen molar-refractivity contribution in [2.24, 2.45) is 0 Å². The molecule has 7 heterocycles. The molecule has 38 atom stereocenters. The number of hydrogen-bond acceptors (Lipinski definition) is 40. The monoisotopic (exact) mass is 1920 g/mol. The number of aliphatic hydroxyl groups excluding tert-OH is 20. The summed E-state index contributed by atoms with van der Waals surface area (Å²) in [6, 6.07) is -8.91. The van der Waals surface area contributed by atoms with Crippen molar-refractivity contribution in [3.63, 3.8) is 0 Å². The first-order valence-corrected chi connectivity index (χ1v) is 47.1. The van der Waals surface area contributed by atoms with Crippen LogP contribution >= 0.6 is 0 Å². The largest absolute Gasteiger partial charge is 0.477 e. The minimum absolute atomic E-state index is 0.103. The normalized spacial score (nSPS) is 37.1. The standard InChI is InChI=1S/C87H153N5O41/c1-7-9-11-13-15-17-19-21-23-25-27-29-31-33-49(104)48(92-58(107)34-32-30-28-26-24-22-20-18-16-14-12-10-8-2)43-120-83-70(115)69(114)73(55(40-97)124-83)127-84-71(116)78(74(56(41-98)125-84)128-80-60(89-45(4)101)67(112)64(109)52(37-94)121-80)131-82-62(91-47(6)103)76(66(111)54(39-96)123-82)130-85-72(117)79(75(57(42-99)126-85)129-81-61(90-46(5)102)68(113)65(110)53(38-95)122-81)133-87(86(118)119)35-50(105)59(88-44(3)100)77(132-87)63(108)51(106)36-93/h31,33,48-57,59-85,93-99,104-106,108-117H,7-30,32,34-43H2,1-6H3,(H,88,100)(H,89,101)(H,90,102)(H,91,103)(H,92,107)(H,118,119)/b33-31+/t48-,49+,50?,51+,52?,53?,54?,55?,56?,57?,59+,60?,61?,62?,63+,64-,65-,66+,67+,68+,69+,70?,71?,72?,73+,74-,75-,76+,77?,78+,79+,80-,81-,82-,83+,84-,85-,87-/m0/s1. The van der Waals surface area contributed by atoms with Crippen LogP contribution in [0.5, 0.6) is 0 Å². The van der Waals surface area contributed by atoms with Gasteiger partial charge in [0.1, 0.15) is 165 Å². The SMILES string of the molecule is CCCCCCCCCCCCC/C=C/[C@@H](O)[C@H](CO[C@@H]1OC(CO)[C@@H](O[C@@H]2OC(CO)[C@H](O[C@@H]3OC(CO)[C@H](O)[C@H](O)C3NC(C)=O)[C@H](O[C@@H]3OC(CO)[C@@H](O)[C@H](O[C@@H]4OC(CO)[C@H](O[C@@H]5OC(CO)[C@H](O)[C@H](O)C5NC(C)=O)[C@H](O[C@]5(C(=O)O)CC(O)[C@@H](NC(C)=O)C([C@H](O)[C@H](O)CO)O5)C4O)C3NC(C)=O)C2O)[C@H](O)C1O)NC(=O)CCCCCCCCCCCCCCC. The van der Waals surface area contributed by atoms with Crippen LogP contribution in [-0.2, 0) is 95.1 Å². The lowest BCUT2D eigenvalue weighted by Gasteiger charge is -2.53. The predicted molar refractivity (Wildman–Crippen MR) is 458 cm³/mol. The van der Waals surface area contributed by atoms with Crippen LogP contribution in [0, 0.1) is 0 Å². The molecule has 0 radical (unpaired) electrons. The molecule has 46 heteroatoms. The molecule has 0 aromatic carbocycles. The first-order chi connectivity index (χ1) is 63.5. The third kappa shape index (κ3) is 33.2. The average Bonchev–Trinajstić information content (AvgIpc) is 0.747. The molecule has 0 aromatic rings. The lowest BCUT2D eigenvalue weighted by atomic mass is 9.88. The zero-order chi connectivity index (χ0) is 97.9. The molecular weight excluding hydrogens is 1770 g/mol. The lowest BCUT2D eigenvalue weighted by molar-refractivity contribution is -0.404. The molecule has 133 heavy (non-hydrogen) atoms. The van der Waals surface area contributed by atoms with E-state index < -0.39 is 327 Å². The Morgan fingerprint density at radius 1 is 0.391 bits per heavy atom. The van der Waals surface area contributed by atoms with E-state index in [4.69, 9.17) is 66.3 Å². The molecule has 0 bridgehead atoms. The number of carbonyl (C=O) groups excluding carboxylic acids is 5. The maximum Gasteiger partial charge on any atom is 0.364 e. The number of aliphatic carboxylic acids is 1. The van der Waals surface area contributed by atoms with Crippen molar-refractivity contribution in [2.75, 3.05) is 52.9 Å². The number of carboxylic acids is 1. The van der Waals surface area contributed by atoms with Gasteiger partial charge in [-0.3, -0.25) is 24.0 Å². The van der Waals surface area contributed by atoms with Gasteiger partial charge in [-0.05, 0) is 19.3 Å². The summed E-state index contributed by atoms with van der Waals surface area (Å²) in [5, 5.41) is 252. The van der Waals surface area contributed by atoms with E-state index in [2.05, 4.69) is 40.4 Å². The fourth-order valence-corrected chi connectivity index (χ4v) is 17.7.